The van der Waals surface area contributed by atoms with E-state index in [0.29, 0.717) is 0 Å². The summed E-state index contributed by atoms with van der Waals surface area (Å²) in [4.78, 5) is 1.39. The van der Waals surface area contributed by atoms with Gasteiger partial charge in [-0.15, -0.1) is 11.3 Å². The molecule has 0 saturated carbocycles. The van der Waals surface area contributed by atoms with Crippen molar-refractivity contribution >= 4 is 22.9 Å². The van der Waals surface area contributed by atoms with Crippen LogP contribution in [-0.2, 0) is 13.0 Å². The van der Waals surface area contributed by atoms with Crippen LogP contribution in [0.4, 0.5) is 0 Å². The lowest BCUT2D eigenvalue weighted by atomic mass is 10.1. The van der Waals surface area contributed by atoms with Crippen molar-refractivity contribution in [2.75, 3.05) is 6.54 Å². The number of nitrogens with one attached hydrogen (secondary N) is 1. The number of hydrogen-bond donors (Lipinski definition) is 1. The Bertz CT molecular complexity index is 408. The summed E-state index contributed by atoms with van der Waals surface area (Å²) in [6.45, 7) is 1.96. The van der Waals surface area contributed by atoms with Crippen LogP contribution in [0.3, 0.4) is 0 Å². The van der Waals surface area contributed by atoms with E-state index < -0.39 is 0 Å². The fourth-order valence-electron chi connectivity index (χ4n) is 1.51. The SMILES string of the molecule is Clc1ccc(CCNCc2cccs2)cc1. The Morgan fingerprint density at radius 1 is 1.12 bits per heavy atom. The summed E-state index contributed by atoms with van der Waals surface area (Å²) in [5.41, 5.74) is 1.32. The van der Waals surface area contributed by atoms with Crippen LogP contribution in [-0.4, -0.2) is 6.54 Å². The van der Waals surface area contributed by atoms with Gasteiger partial charge in [0.1, 0.15) is 0 Å². The normalized spacial score (nSPS) is 10.6. The van der Waals surface area contributed by atoms with Crippen LogP contribution in [0.15, 0.2) is 41.8 Å². The highest BCUT2D eigenvalue weighted by Crippen LogP contribution is 2.10. The summed E-state index contributed by atoms with van der Waals surface area (Å²) < 4.78 is 0. The quantitative estimate of drug-likeness (QED) is 0.799. The molecule has 0 unspecified atom stereocenters. The van der Waals surface area contributed by atoms with E-state index in [4.69, 9.17) is 11.6 Å². The first-order chi connectivity index (χ1) is 7.84. The number of rotatable bonds is 5. The van der Waals surface area contributed by atoms with Gasteiger partial charge in [0.2, 0.25) is 0 Å². The number of thiophene rings is 1. The molecule has 2 rings (SSSR count). The molecule has 0 aliphatic carbocycles. The molecule has 0 atom stereocenters. The van der Waals surface area contributed by atoms with Crippen LogP contribution < -0.4 is 5.32 Å². The second-order valence-corrected chi connectivity index (χ2v) is 5.10. The zero-order chi connectivity index (χ0) is 11.2. The van der Waals surface area contributed by atoms with E-state index in [1.165, 1.54) is 10.4 Å². The van der Waals surface area contributed by atoms with E-state index in [2.05, 4.69) is 35.0 Å². The lowest BCUT2D eigenvalue weighted by Gasteiger charge is -2.03. The number of hydrogen-bond acceptors (Lipinski definition) is 2. The molecule has 0 radical (unpaired) electrons. The van der Waals surface area contributed by atoms with Gasteiger partial charge in [-0.3, -0.25) is 0 Å². The largest absolute Gasteiger partial charge is 0.312 e. The molecule has 16 heavy (non-hydrogen) atoms. The van der Waals surface area contributed by atoms with E-state index in [1.54, 1.807) is 11.3 Å². The van der Waals surface area contributed by atoms with Gasteiger partial charge in [-0.05, 0) is 42.1 Å². The molecule has 84 valence electrons. The van der Waals surface area contributed by atoms with Crippen LogP contribution in [0, 0.1) is 0 Å². The molecule has 0 bridgehead atoms. The molecule has 1 aromatic carbocycles. The average Bonchev–Trinajstić information content (AvgIpc) is 2.80. The van der Waals surface area contributed by atoms with E-state index in [9.17, 15) is 0 Å². The van der Waals surface area contributed by atoms with E-state index in [1.807, 2.05) is 12.1 Å². The third-order valence-electron chi connectivity index (χ3n) is 2.38. The smallest absolute Gasteiger partial charge is 0.0406 e. The summed E-state index contributed by atoms with van der Waals surface area (Å²) >= 11 is 7.62. The first kappa shape index (κ1) is 11.6. The molecule has 3 heteroatoms. The van der Waals surface area contributed by atoms with E-state index in [0.717, 1.165) is 24.5 Å². The van der Waals surface area contributed by atoms with Crippen molar-refractivity contribution in [2.45, 2.75) is 13.0 Å². The predicted octanol–water partition coefficient (Wildman–Crippen LogP) is 3.73. The van der Waals surface area contributed by atoms with E-state index in [-0.39, 0.29) is 0 Å². The molecule has 1 aromatic heterocycles. The lowest BCUT2D eigenvalue weighted by Crippen LogP contribution is -2.15. The Labute approximate surface area is 105 Å². The van der Waals surface area contributed by atoms with E-state index >= 15 is 0 Å². The number of benzene rings is 1. The maximum atomic E-state index is 5.83. The van der Waals surface area contributed by atoms with Gasteiger partial charge in [0.15, 0.2) is 0 Å². The molecule has 0 fully saturated rings. The van der Waals surface area contributed by atoms with Gasteiger partial charge in [0, 0.05) is 16.4 Å². The molecule has 0 amide bonds. The second kappa shape index (κ2) is 6.04. The highest BCUT2D eigenvalue weighted by molar-refractivity contribution is 7.09. The van der Waals surface area contributed by atoms with Crippen LogP contribution in [0.25, 0.3) is 0 Å². The molecule has 0 saturated heterocycles. The van der Waals surface area contributed by atoms with Gasteiger partial charge in [0.05, 0.1) is 0 Å². The monoisotopic (exact) mass is 251 g/mol. The van der Waals surface area contributed by atoms with Crippen LogP contribution >= 0.6 is 22.9 Å². The van der Waals surface area contributed by atoms with Crippen molar-refractivity contribution in [2.24, 2.45) is 0 Å². The molecular formula is C13H14ClNS. The van der Waals surface area contributed by atoms with Gasteiger partial charge >= 0.3 is 0 Å². The molecule has 1 N–H and O–H groups in total. The molecule has 0 aliphatic rings. The second-order valence-electron chi connectivity index (χ2n) is 3.63. The van der Waals surface area contributed by atoms with Crippen molar-refractivity contribution in [1.82, 2.24) is 5.32 Å². The van der Waals surface area contributed by atoms with Crippen molar-refractivity contribution in [1.29, 1.82) is 0 Å². The van der Waals surface area contributed by atoms with Crippen molar-refractivity contribution in [3.63, 3.8) is 0 Å². The Balaban J connectivity index is 1.70. The predicted molar refractivity (Wildman–Crippen MR) is 71.2 cm³/mol. The average molecular weight is 252 g/mol. The molecule has 2 aromatic rings. The van der Waals surface area contributed by atoms with Crippen molar-refractivity contribution < 1.29 is 0 Å². The van der Waals surface area contributed by atoms with Crippen LogP contribution in [0.2, 0.25) is 5.02 Å². The minimum absolute atomic E-state index is 0.801. The Morgan fingerprint density at radius 2 is 1.94 bits per heavy atom. The van der Waals surface area contributed by atoms with Gasteiger partial charge in [-0.25, -0.2) is 0 Å². The Morgan fingerprint density at radius 3 is 2.62 bits per heavy atom. The fraction of sp³-hybridized carbons (Fsp3) is 0.231. The summed E-state index contributed by atoms with van der Waals surface area (Å²) in [7, 11) is 0. The Kier molecular flexibility index (Phi) is 4.40. The minimum atomic E-state index is 0.801. The topological polar surface area (TPSA) is 12.0 Å². The van der Waals surface area contributed by atoms with Gasteiger partial charge in [-0.2, -0.15) is 0 Å². The van der Waals surface area contributed by atoms with Crippen LogP contribution in [0.1, 0.15) is 10.4 Å². The lowest BCUT2D eigenvalue weighted by molar-refractivity contribution is 0.693. The fourth-order valence-corrected chi connectivity index (χ4v) is 2.31. The molecule has 1 heterocycles. The molecule has 1 nitrogen and oxygen atoms in total. The van der Waals surface area contributed by atoms with Crippen molar-refractivity contribution in [3.8, 4) is 0 Å². The number of halogens is 1. The zero-order valence-electron chi connectivity index (χ0n) is 8.95. The molecule has 0 spiro atoms. The summed E-state index contributed by atoms with van der Waals surface area (Å²) in [6, 6.07) is 12.3. The first-order valence-electron chi connectivity index (χ1n) is 5.32. The third kappa shape index (κ3) is 3.63. The summed E-state index contributed by atoms with van der Waals surface area (Å²) in [5, 5.41) is 6.34. The van der Waals surface area contributed by atoms with Gasteiger partial charge in [-0.1, -0.05) is 29.8 Å². The molecule has 0 aliphatic heterocycles. The van der Waals surface area contributed by atoms with Crippen LogP contribution in [0.5, 0.6) is 0 Å². The highest BCUT2D eigenvalue weighted by atomic mass is 35.5. The highest BCUT2D eigenvalue weighted by Gasteiger charge is 1.95. The maximum absolute atomic E-state index is 5.83. The maximum Gasteiger partial charge on any atom is 0.0406 e. The zero-order valence-corrected chi connectivity index (χ0v) is 10.5. The first-order valence-corrected chi connectivity index (χ1v) is 6.58. The van der Waals surface area contributed by atoms with Crippen molar-refractivity contribution in [3.05, 3.63) is 57.2 Å². The summed E-state index contributed by atoms with van der Waals surface area (Å²) in [6.07, 6.45) is 1.04. The molecular weight excluding hydrogens is 238 g/mol. The summed E-state index contributed by atoms with van der Waals surface area (Å²) in [5.74, 6) is 0. The Hall–Kier alpha value is -0.830. The van der Waals surface area contributed by atoms with Gasteiger partial charge < -0.3 is 5.32 Å². The van der Waals surface area contributed by atoms with Gasteiger partial charge in [0.25, 0.3) is 0 Å². The minimum Gasteiger partial charge on any atom is -0.312 e. The standard InChI is InChI=1S/C13H14ClNS/c14-12-5-3-11(4-6-12)7-8-15-10-13-2-1-9-16-13/h1-6,9,15H,7-8,10H2. The third-order valence-corrected chi connectivity index (χ3v) is 3.51.